The largest absolute Gasteiger partial charge is 0.313 e. The van der Waals surface area contributed by atoms with E-state index in [1.807, 2.05) is 19.1 Å². The fourth-order valence-corrected chi connectivity index (χ4v) is 2.31. The Labute approximate surface area is 91.2 Å². The van der Waals surface area contributed by atoms with Crippen LogP contribution >= 0.6 is 0 Å². The van der Waals surface area contributed by atoms with E-state index in [1.54, 1.807) is 12.1 Å². The Morgan fingerprint density at radius 3 is 2.00 bits per heavy atom. The monoisotopic (exact) mass is 227 g/mol. The minimum Gasteiger partial charge on any atom is -0.313 e. The van der Waals surface area contributed by atoms with Gasteiger partial charge in [-0.3, -0.25) is 0 Å². The van der Waals surface area contributed by atoms with Gasteiger partial charge in [0, 0.05) is 0 Å². The van der Waals surface area contributed by atoms with Gasteiger partial charge in [0.05, 0.1) is 4.90 Å². The first-order valence-electron chi connectivity index (χ1n) is 4.91. The third-order valence-electron chi connectivity index (χ3n) is 2.33. The highest BCUT2D eigenvalue weighted by Gasteiger charge is 2.31. The molecule has 0 atom stereocenters. The van der Waals surface area contributed by atoms with Gasteiger partial charge in [0.15, 0.2) is 9.84 Å². The molecule has 0 aliphatic carbocycles. The minimum atomic E-state index is -3.42. The molecule has 0 saturated heterocycles. The van der Waals surface area contributed by atoms with Crippen molar-refractivity contribution in [3.63, 3.8) is 0 Å². The van der Waals surface area contributed by atoms with Gasteiger partial charge < -0.3 is 5.73 Å². The first-order valence-corrected chi connectivity index (χ1v) is 6.40. The molecule has 0 aromatic heterocycles. The molecule has 84 valence electrons. The lowest BCUT2D eigenvalue weighted by atomic mass is 10.2. The summed E-state index contributed by atoms with van der Waals surface area (Å²) in [7, 11) is -3.42. The van der Waals surface area contributed by atoms with Crippen LogP contribution in [0.15, 0.2) is 29.2 Å². The highest BCUT2D eigenvalue weighted by atomic mass is 32.2. The SMILES string of the molecule is CCc1ccc(S(=O)(=O)C(C)(C)N)cc1. The van der Waals surface area contributed by atoms with Crippen molar-refractivity contribution in [2.45, 2.75) is 37.0 Å². The van der Waals surface area contributed by atoms with E-state index in [9.17, 15) is 8.42 Å². The highest BCUT2D eigenvalue weighted by molar-refractivity contribution is 7.92. The molecule has 0 saturated carbocycles. The fraction of sp³-hybridized carbons (Fsp3) is 0.455. The number of aryl methyl sites for hydroxylation is 1. The molecule has 0 radical (unpaired) electrons. The minimum absolute atomic E-state index is 0.284. The third kappa shape index (κ3) is 2.38. The van der Waals surface area contributed by atoms with Crippen LogP contribution in [0.4, 0.5) is 0 Å². The Hall–Kier alpha value is -0.870. The van der Waals surface area contributed by atoms with Gasteiger partial charge in [0.1, 0.15) is 4.87 Å². The number of nitrogens with two attached hydrogens (primary N) is 1. The Bertz CT molecular complexity index is 427. The average molecular weight is 227 g/mol. The Morgan fingerprint density at radius 2 is 1.67 bits per heavy atom. The molecule has 0 spiro atoms. The van der Waals surface area contributed by atoms with Crippen LogP contribution in [0.2, 0.25) is 0 Å². The van der Waals surface area contributed by atoms with Crippen molar-refractivity contribution in [3.8, 4) is 0 Å². The van der Waals surface area contributed by atoms with Crippen LogP contribution in [0, 0.1) is 0 Å². The maximum Gasteiger partial charge on any atom is 0.196 e. The summed E-state index contributed by atoms with van der Waals surface area (Å²) in [5.74, 6) is 0. The van der Waals surface area contributed by atoms with Gasteiger partial charge in [0.2, 0.25) is 0 Å². The summed E-state index contributed by atoms with van der Waals surface area (Å²) in [6.07, 6.45) is 0.895. The summed E-state index contributed by atoms with van der Waals surface area (Å²) in [6, 6.07) is 6.86. The van der Waals surface area contributed by atoms with Gasteiger partial charge in [0.25, 0.3) is 0 Å². The third-order valence-corrected chi connectivity index (χ3v) is 4.61. The average Bonchev–Trinajstić information content (AvgIpc) is 2.16. The van der Waals surface area contributed by atoms with E-state index >= 15 is 0 Å². The summed E-state index contributed by atoms with van der Waals surface area (Å²) in [6.45, 7) is 5.02. The lowest BCUT2D eigenvalue weighted by Crippen LogP contribution is -2.41. The normalized spacial score (nSPS) is 12.8. The molecular formula is C11H17NO2S. The van der Waals surface area contributed by atoms with Crippen molar-refractivity contribution in [1.82, 2.24) is 0 Å². The van der Waals surface area contributed by atoms with Crippen LogP contribution < -0.4 is 5.73 Å². The van der Waals surface area contributed by atoms with Crippen LogP contribution in [0.5, 0.6) is 0 Å². The van der Waals surface area contributed by atoms with Crippen LogP contribution in [-0.4, -0.2) is 13.3 Å². The summed E-state index contributed by atoms with van der Waals surface area (Å²) in [4.78, 5) is -0.951. The Balaban J connectivity index is 3.18. The second-order valence-electron chi connectivity index (χ2n) is 4.10. The number of benzene rings is 1. The van der Waals surface area contributed by atoms with Crippen molar-refractivity contribution >= 4 is 9.84 Å². The van der Waals surface area contributed by atoms with Crippen LogP contribution in [0.3, 0.4) is 0 Å². The summed E-state index contributed by atoms with van der Waals surface area (Å²) in [5, 5.41) is 0. The van der Waals surface area contributed by atoms with Gasteiger partial charge >= 0.3 is 0 Å². The molecule has 0 aliphatic heterocycles. The van der Waals surface area contributed by atoms with E-state index < -0.39 is 14.7 Å². The van der Waals surface area contributed by atoms with Gasteiger partial charge in [-0.1, -0.05) is 19.1 Å². The number of sulfone groups is 1. The molecule has 1 rings (SSSR count). The maximum atomic E-state index is 11.9. The van der Waals surface area contributed by atoms with Gasteiger partial charge in [-0.2, -0.15) is 0 Å². The van der Waals surface area contributed by atoms with E-state index in [0.29, 0.717) is 0 Å². The number of hydrogen-bond acceptors (Lipinski definition) is 3. The molecule has 15 heavy (non-hydrogen) atoms. The van der Waals surface area contributed by atoms with E-state index in [4.69, 9.17) is 5.73 Å². The predicted octanol–water partition coefficient (Wildman–Crippen LogP) is 1.72. The van der Waals surface area contributed by atoms with Crippen LogP contribution in [0.1, 0.15) is 26.3 Å². The second kappa shape index (κ2) is 3.94. The summed E-state index contributed by atoms with van der Waals surface area (Å²) >= 11 is 0. The first-order chi connectivity index (χ1) is 6.79. The van der Waals surface area contributed by atoms with Crippen LogP contribution in [0.25, 0.3) is 0 Å². The number of rotatable bonds is 3. The molecule has 3 nitrogen and oxygen atoms in total. The maximum absolute atomic E-state index is 11.9. The fourth-order valence-electron chi connectivity index (χ4n) is 1.21. The Kier molecular flexibility index (Phi) is 3.21. The van der Waals surface area contributed by atoms with Crippen molar-refractivity contribution in [2.24, 2.45) is 5.73 Å². The molecule has 0 bridgehead atoms. The molecular weight excluding hydrogens is 210 g/mol. The molecule has 2 N–H and O–H groups in total. The van der Waals surface area contributed by atoms with Crippen molar-refractivity contribution < 1.29 is 8.42 Å². The molecule has 1 aromatic rings. The zero-order valence-corrected chi connectivity index (χ0v) is 10.1. The summed E-state index contributed by atoms with van der Waals surface area (Å²) in [5.41, 5.74) is 6.74. The van der Waals surface area contributed by atoms with Crippen LogP contribution in [-0.2, 0) is 16.3 Å². The van der Waals surface area contributed by atoms with Gasteiger partial charge in [-0.05, 0) is 38.0 Å². The number of hydrogen-bond donors (Lipinski definition) is 1. The topological polar surface area (TPSA) is 60.2 Å². The Morgan fingerprint density at radius 1 is 1.20 bits per heavy atom. The molecule has 0 heterocycles. The standard InChI is InChI=1S/C11H17NO2S/c1-4-9-5-7-10(8-6-9)15(13,14)11(2,3)12/h5-8H,4,12H2,1-3H3. The van der Waals surface area contributed by atoms with Crippen molar-refractivity contribution in [1.29, 1.82) is 0 Å². The molecule has 0 amide bonds. The molecule has 0 aliphatic rings. The predicted molar refractivity (Wildman–Crippen MR) is 61.3 cm³/mol. The van der Waals surface area contributed by atoms with E-state index in [-0.39, 0.29) is 4.90 Å². The van der Waals surface area contributed by atoms with Gasteiger partial charge in [-0.15, -0.1) is 0 Å². The van der Waals surface area contributed by atoms with Gasteiger partial charge in [-0.25, -0.2) is 8.42 Å². The molecule has 0 unspecified atom stereocenters. The lowest BCUT2D eigenvalue weighted by molar-refractivity contribution is 0.552. The van der Waals surface area contributed by atoms with Crippen molar-refractivity contribution in [2.75, 3.05) is 0 Å². The molecule has 1 aromatic carbocycles. The quantitative estimate of drug-likeness (QED) is 0.855. The first kappa shape index (κ1) is 12.2. The molecule has 0 fully saturated rings. The second-order valence-corrected chi connectivity index (χ2v) is 6.63. The zero-order chi connectivity index (χ0) is 11.7. The highest BCUT2D eigenvalue weighted by Crippen LogP contribution is 2.21. The smallest absolute Gasteiger partial charge is 0.196 e. The molecule has 4 heteroatoms. The zero-order valence-electron chi connectivity index (χ0n) is 9.32. The lowest BCUT2D eigenvalue weighted by Gasteiger charge is -2.19. The van der Waals surface area contributed by atoms with E-state index in [2.05, 4.69) is 0 Å². The van der Waals surface area contributed by atoms with E-state index in [1.165, 1.54) is 13.8 Å². The van der Waals surface area contributed by atoms with E-state index in [0.717, 1.165) is 12.0 Å². The van der Waals surface area contributed by atoms with Crippen molar-refractivity contribution in [3.05, 3.63) is 29.8 Å². The summed E-state index contributed by atoms with van der Waals surface area (Å²) < 4.78 is 23.9.